The smallest absolute Gasteiger partial charge is 0.222 e. The minimum atomic E-state index is -0.950. The van der Waals surface area contributed by atoms with E-state index in [2.05, 4.69) is 31.3 Å². The van der Waals surface area contributed by atoms with Gasteiger partial charge < -0.3 is 20.6 Å². The zero-order chi connectivity index (χ0) is 45.1. The van der Waals surface area contributed by atoms with Gasteiger partial charge in [-0.15, -0.1) is 0 Å². The van der Waals surface area contributed by atoms with Crippen molar-refractivity contribution in [1.82, 2.24) is 5.32 Å². The highest BCUT2D eigenvalue weighted by atomic mass is 16.3. The first-order chi connectivity index (χ1) is 30.5. The first-order valence-electron chi connectivity index (χ1n) is 28.1. The summed E-state index contributed by atoms with van der Waals surface area (Å²) >= 11 is 0. The third-order valence-electron chi connectivity index (χ3n) is 13.2. The lowest BCUT2D eigenvalue weighted by atomic mass is 10.0. The van der Waals surface area contributed by atoms with Crippen LogP contribution in [0.4, 0.5) is 0 Å². The Morgan fingerprint density at radius 2 is 0.694 bits per heavy atom. The highest BCUT2D eigenvalue weighted by molar-refractivity contribution is 5.76. The Labute approximate surface area is 388 Å². The van der Waals surface area contributed by atoms with E-state index in [1.807, 2.05) is 6.08 Å². The number of unbranched alkanes of at least 4 members (excludes halogenated alkanes) is 41. The third-order valence-corrected chi connectivity index (χ3v) is 13.2. The lowest BCUT2D eigenvalue weighted by Gasteiger charge is -2.21. The number of allylic oxidation sites excluding steroid dienone is 3. The van der Waals surface area contributed by atoms with Crippen molar-refractivity contribution in [2.75, 3.05) is 6.61 Å². The summed E-state index contributed by atoms with van der Waals surface area (Å²) in [5.74, 6) is -0.319. The van der Waals surface area contributed by atoms with Crippen molar-refractivity contribution < 1.29 is 20.1 Å². The summed E-state index contributed by atoms with van der Waals surface area (Å²) in [6, 6.07) is -0.759. The van der Waals surface area contributed by atoms with Crippen LogP contribution in [0.25, 0.3) is 0 Å². The van der Waals surface area contributed by atoms with Gasteiger partial charge in [-0.3, -0.25) is 4.79 Å². The molecule has 5 nitrogen and oxygen atoms in total. The fourth-order valence-electron chi connectivity index (χ4n) is 8.95. The van der Waals surface area contributed by atoms with E-state index >= 15 is 0 Å². The molecule has 0 spiro atoms. The first-order valence-corrected chi connectivity index (χ1v) is 28.1. The standard InChI is InChI=1S/C57H111NO4/c1-3-5-7-9-11-13-15-17-19-21-23-25-27-29-30-32-34-36-38-40-42-44-46-48-50-54(60)52-57(62)58-55(53-59)56(61)51-49-47-45-43-41-39-37-35-33-31-28-26-24-22-20-18-16-14-12-10-8-6-4-2/h41,43,49,51,54-56,59-61H,3-40,42,44-48,50,52-53H2,1-2H3,(H,58,62)/b43-41+,51-49+. The second kappa shape index (κ2) is 52.5. The largest absolute Gasteiger partial charge is 0.394 e. The molecule has 0 aliphatic rings. The van der Waals surface area contributed by atoms with Crippen molar-refractivity contribution in [3.63, 3.8) is 0 Å². The molecule has 0 saturated carbocycles. The summed E-state index contributed by atoms with van der Waals surface area (Å²) in [6.45, 7) is 4.24. The number of aliphatic hydroxyl groups excluding tert-OH is 3. The number of nitrogens with one attached hydrogen (secondary N) is 1. The lowest BCUT2D eigenvalue weighted by Crippen LogP contribution is -2.45. The topological polar surface area (TPSA) is 89.8 Å². The van der Waals surface area contributed by atoms with Crippen molar-refractivity contribution in [2.45, 2.75) is 327 Å². The number of hydrogen-bond donors (Lipinski definition) is 4. The Morgan fingerprint density at radius 1 is 0.403 bits per heavy atom. The molecule has 5 heteroatoms. The van der Waals surface area contributed by atoms with Gasteiger partial charge in [-0.1, -0.05) is 295 Å². The van der Waals surface area contributed by atoms with Crippen LogP contribution >= 0.6 is 0 Å². The van der Waals surface area contributed by atoms with Crippen LogP contribution in [0, 0.1) is 0 Å². The van der Waals surface area contributed by atoms with Gasteiger partial charge >= 0.3 is 0 Å². The zero-order valence-electron chi connectivity index (χ0n) is 42.0. The number of hydrogen-bond acceptors (Lipinski definition) is 4. The maximum Gasteiger partial charge on any atom is 0.222 e. The summed E-state index contributed by atoms with van der Waals surface area (Å²) in [5, 5.41) is 33.4. The molecule has 0 aromatic carbocycles. The molecule has 0 aromatic rings. The fourth-order valence-corrected chi connectivity index (χ4v) is 8.95. The highest BCUT2D eigenvalue weighted by Crippen LogP contribution is 2.18. The molecule has 0 heterocycles. The van der Waals surface area contributed by atoms with E-state index in [1.54, 1.807) is 6.08 Å². The maximum absolute atomic E-state index is 12.5. The van der Waals surface area contributed by atoms with Gasteiger partial charge in [0.15, 0.2) is 0 Å². The minimum Gasteiger partial charge on any atom is -0.394 e. The van der Waals surface area contributed by atoms with Crippen LogP contribution in [0.15, 0.2) is 24.3 Å². The molecule has 4 N–H and O–H groups in total. The molecule has 1 amide bonds. The molecule has 0 bridgehead atoms. The van der Waals surface area contributed by atoms with E-state index in [1.165, 1.54) is 250 Å². The molecule has 3 atom stereocenters. The van der Waals surface area contributed by atoms with Crippen LogP contribution in [-0.4, -0.2) is 46.1 Å². The van der Waals surface area contributed by atoms with Gasteiger partial charge in [0.2, 0.25) is 5.91 Å². The second-order valence-electron chi connectivity index (χ2n) is 19.5. The van der Waals surface area contributed by atoms with Crippen LogP contribution in [0.2, 0.25) is 0 Å². The Balaban J connectivity index is 3.58. The van der Waals surface area contributed by atoms with E-state index in [-0.39, 0.29) is 18.9 Å². The van der Waals surface area contributed by atoms with E-state index < -0.39 is 18.2 Å². The number of carbonyl (C=O) groups excluding carboxylic acids is 1. The molecule has 0 radical (unpaired) electrons. The van der Waals surface area contributed by atoms with Gasteiger partial charge in [0.25, 0.3) is 0 Å². The summed E-state index contributed by atoms with van der Waals surface area (Å²) in [7, 11) is 0. The molecule has 0 saturated heterocycles. The molecule has 3 unspecified atom stereocenters. The maximum atomic E-state index is 12.5. The van der Waals surface area contributed by atoms with Gasteiger partial charge in [0, 0.05) is 0 Å². The zero-order valence-corrected chi connectivity index (χ0v) is 42.0. The van der Waals surface area contributed by atoms with Crippen molar-refractivity contribution in [1.29, 1.82) is 0 Å². The quantitative estimate of drug-likeness (QED) is 0.0362. The Morgan fingerprint density at radius 3 is 1.03 bits per heavy atom. The van der Waals surface area contributed by atoms with Gasteiger partial charge in [-0.25, -0.2) is 0 Å². The van der Waals surface area contributed by atoms with Crippen LogP contribution in [0.5, 0.6) is 0 Å². The van der Waals surface area contributed by atoms with Crippen LogP contribution in [0.1, 0.15) is 309 Å². The fraction of sp³-hybridized carbons (Fsp3) is 0.912. The van der Waals surface area contributed by atoms with Gasteiger partial charge in [-0.2, -0.15) is 0 Å². The molecular formula is C57H111NO4. The summed E-state index contributed by atoms with van der Waals surface area (Å²) in [5.41, 5.74) is 0. The lowest BCUT2D eigenvalue weighted by molar-refractivity contribution is -0.124. The highest BCUT2D eigenvalue weighted by Gasteiger charge is 2.20. The van der Waals surface area contributed by atoms with E-state index in [4.69, 9.17) is 0 Å². The molecule has 368 valence electrons. The average molecular weight is 875 g/mol. The second-order valence-corrected chi connectivity index (χ2v) is 19.5. The first kappa shape index (κ1) is 60.8. The summed E-state index contributed by atoms with van der Waals surface area (Å²) in [4.78, 5) is 12.5. The predicted molar refractivity (Wildman–Crippen MR) is 273 cm³/mol. The number of carbonyl (C=O) groups is 1. The molecule has 62 heavy (non-hydrogen) atoms. The van der Waals surface area contributed by atoms with Crippen molar-refractivity contribution in [2.24, 2.45) is 0 Å². The third kappa shape index (κ3) is 48.3. The van der Waals surface area contributed by atoms with Crippen LogP contribution in [0.3, 0.4) is 0 Å². The molecule has 0 aromatic heterocycles. The molecule has 0 aliphatic heterocycles. The number of amides is 1. The monoisotopic (exact) mass is 874 g/mol. The SMILES string of the molecule is CCCCCCCCCCCCCCCCCCC/C=C/CC/C=C/C(O)C(CO)NC(=O)CC(O)CCCCCCCCCCCCCCCCCCCCCCCCCC. The Hall–Kier alpha value is -1.17. The number of rotatable bonds is 52. The van der Waals surface area contributed by atoms with E-state index in [0.29, 0.717) is 6.42 Å². The number of aliphatic hydroxyl groups is 3. The summed E-state index contributed by atoms with van der Waals surface area (Å²) in [6.07, 6.45) is 66.6. The van der Waals surface area contributed by atoms with Crippen LogP contribution < -0.4 is 5.32 Å². The van der Waals surface area contributed by atoms with Crippen molar-refractivity contribution in [3.05, 3.63) is 24.3 Å². The van der Waals surface area contributed by atoms with Gasteiger partial charge in [0.05, 0.1) is 31.3 Å². The molecule has 0 aliphatic carbocycles. The van der Waals surface area contributed by atoms with E-state index in [0.717, 1.165) is 32.1 Å². The van der Waals surface area contributed by atoms with Crippen molar-refractivity contribution in [3.8, 4) is 0 Å². The van der Waals surface area contributed by atoms with Crippen LogP contribution in [-0.2, 0) is 4.79 Å². The van der Waals surface area contributed by atoms with E-state index in [9.17, 15) is 20.1 Å². The molecule has 0 rings (SSSR count). The van der Waals surface area contributed by atoms with Crippen molar-refractivity contribution >= 4 is 5.91 Å². The van der Waals surface area contributed by atoms with Gasteiger partial charge in [0.1, 0.15) is 0 Å². The molecule has 0 fully saturated rings. The minimum absolute atomic E-state index is 0.0104. The Kier molecular flexibility index (Phi) is 51.5. The normalized spacial score (nSPS) is 13.4. The summed E-state index contributed by atoms with van der Waals surface area (Å²) < 4.78 is 0. The average Bonchev–Trinajstić information content (AvgIpc) is 3.27. The van der Waals surface area contributed by atoms with Gasteiger partial charge in [-0.05, 0) is 32.1 Å². The molecular weight excluding hydrogens is 763 g/mol. The predicted octanol–water partition coefficient (Wildman–Crippen LogP) is 17.3. The Bertz CT molecular complexity index is 920.